The predicted octanol–water partition coefficient (Wildman–Crippen LogP) is 3.87. The smallest absolute Gasteiger partial charge is 0.259 e. The van der Waals surface area contributed by atoms with Crippen LogP contribution in [0.2, 0.25) is 0 Å². The van der Waals surface area contributed by atoms with Crippen LogP contribution in [-0.2, 0) is 0 Å². The topological polar surface area (TPSA) is 59.0 Å². The second-order valence-corrected chi connectivity index (χ2v) is 6.82. The lowest BCUT2D eigenvalue weighted by atomic mass is 9.91. The van der Waals surface area contributed by atoms with E-state index in [2.05, 4.69) is 15.7 Å². The first-order chi connectivity index (χ1) is 13.6. The summed E-state index contributed by atoms with van der Waals surface area (Å²) in [5.41, 5.74) is 2.11. The molecule has 1 aliphatic rings. The van der Waals surface area contributed by atoms with E-state index in [9.17, 15) is 13.6 Å². The van der Waals surface area contributed by atoms with Gasteiger partial charge in [-0.25, -0.2) is 13.5 Å². The van der Waals surface area contributed by atoms with Crippen molar-refractivity contribution in [1.82, 2.24) is 15.1 Å². The molecule has 2 N–H and O–H groups in total. The first-order valence-corrected chi connectivity index (χ1v) is 9.23. The van der Waals surface area contributed by atoms with E-state index in [1.807, 2.05) is 0 Å². The van der Waals surface area contributed by atoms with Crippen molar-refractivity contribution in [2.75, 3.05) is 18.4 Å². The van der Waals surface area contributed by atoms with Crippen molar-refractivity contribution in [2.24, 2.45) is 0 Å². The largest absolute Gasteiger partial charge is 0.322 e. The average Bonchev–Trinajstić information content (AvgIpc) is 3.14. The van der Waals surface area contributed by atoms with Crippen LogP contribution >= 0.6 is 0 Å². The predicted molar refractivity (Wildman–Crippen MR) is 103 cm³/mol. The molecule has 0 atom stereocenters. The number of nitrogens with zero attached hydrogens (tertiary/aromatic N) is 2. The summed E-state index contributed by atoms with van der Waals surface area (Å²) in [6, 6.07) is 11.9. The van der Waals surface area contributed by atoms with Gasteiger partial charge >= 0.3 is 0 Å². The number of carbonyl (C=O) groups is 1. The molecule has 0 aliphatic carbocycles. The number of rotatable bonds is 4. The lowest BCUT2D eigenvalue weighted by Crippen LogP contribution is -2.29. The first kappa shape index (κ1) is 18.3. The van der Waals surface area contributed by atoms with Crippen molar-refractivity contribution >= 4 is 11.6 Å². The molecule has 144 valence electrons. The summed E-state index contributed by atoms with van der Waals surface area (Å²) in [5.74, 6) is -1.04. The quantitative estimate of drug-likeness (QED) is 0.720. The summed E-state index contributed by atoms with van der Waals surface area (Å²) in [5, 5.41) is 10.4. The van der Waals surface area contributed by atoms with Crippen molar-refractivity contribution in [3.05, 3.63) is 77.6 Å². The number of nitrogens with one attached hydrogen (secondary N) is 2. The molecule has 1 aromatic heterocycles. The van der Waals surface area contributed by atoms with Gasteiger partial charge in [0.15, 0.2) is 0 Å². The molecule has 1 fully saturated rings. The maximum absolute atomic E-state index is 13.8. The van der Waals surface area contributed by atoms with E-state index in [4.69, 9.17) is 0 Å². The number of aromatic nitrogens is 2. The van der Waals surface area contributed by atoms with Crippen molar-refractivity contribution in [3.8, 4) is 5.69 Å². The lowest BCUT2D eigenvalue weighted by molar-refractivity contribution is 0.102. The van der Waals surface area contributed by atoms with Crippen LogP contribution in [0.25, 0.3) is 5.69 Å². The standard InChI is InChI=1S/C21H20F2N4O/c22-15-3-1-5-17(11-15)26-21(28)19-13-25-27(18-6-2-4-16(23)12-18)20(19)14-7-9-24-10-8-14/h1-6,11-14,24H,7-10H2,(H,26,28). The number of hydrogen-bond acceptors (Lipinski definition) is 3. The Labute approximate surface area is 161 Å². The summed E-state index contributed by atoms with van der Waals surface area (Å²) in [4.78, 5) is 12.9. The lowest BCUT2D eigenvalue weighted by Gasteiger charge is -2.24. The van der Waals surface area contributed by atoms with E-state index in [0.717, 1.165) is 31.6 Å². The zero-order valence-corrected chi connectivity index (χ0v) is 15.2. The van der Waals surface area contributed by atoms with E-state index >= 15 is 0 Å². The molecule has 0 bridgehead atoms. The van der Waals surface area contributed by atoms with Gasteiger partial charge in [-0.2, -0.15) is 5.10 Å². The maximum Gasteiger partial charge on any atom is 0.259 e. The summed E-state index contributed by atoms with van der Waals surface area (Å²) < 4.78 is 28.8. The van der Waals surface area contributed by atoms with Crippen LogP contribution in [0, 0.1) is 11.6 Å². The van der Waals surface area contributed by atoms with Crippen LogP contribution < -0.4 is 10.6 Å². The molecule has 7 heteroatoms. The fourth-order valence-corrected chi connectivity index (χ4v) is 3.60. The van der Waals surface area contributed by atoms with Gasteiger partial charge in [-0.1, -0.05) is 12.1 Å². The number of hydrogen-bond donors (Lipinski definition) is 2. The molecule has 4 rings (SSSR count). The van der Waals surface area contributed by atoms with Gasteiger partial charge in [0.2, 0.25) is 0 Å². The summed E-state index contributed by atoms with van der Waals surface area (Å²) >= 11 is 0. The van der Waals surface area contributed by atoms with Gasteiger partial charge in [0.1, 0.15) is 11.6 Å². The molecule has 5 nitrogen and oxygen atoms in total. The number of piperidine rings is 1. The van der Waals surface area contributed by atoms with Gasteiger partial charge in [-0.15, -0.1) is 0 Å². The number of anilines is 1. The fraction of sp³-hybridized carbons (Fsp3) is 0.238. The highest BCUT2D eigenvalue weighted by Crippen LogP contribution is 2.31. The Balaban J connectivity index is 1.73. The number of carbonyl (C=O) groups excluding carboxylic acids is 1. The maximum atomic E-state index is 13.8. The van der Waals surface area contributed by atoms with Crippen molar-refractivity contribution < 1.29 is 13.6 Å². The zero-order chi connectivity index (χ0) is 19.5. The molecule has 2 aromatic carbocycles. The van der Waals surface area contributed by atoms with Gasteiger partial charge in [-0.3, -0.25) is 4.79 Å². The number of halogens is 2. The molecule has 0 saturated carbocycles. The highest BCUT2D eigenvalue weighted by atomic mass is 19.1. The third kappa shape index (κ3) is 3.80. The van der Waals surface area contributed by atoms with Crippen LogP contribution in [0.5, 0.6) is 0 Å². The molecule has 0 unspecified atom stereocenters. The Hall–Kier alpha value is -3.06. The molecule has 1 amide bonds. The highest BCUT2D eigenvalue weighted by molar-refractivity contribution is 6.05. The second-order valence-electron chi connectivity index (χ2n) is 6.82. The van der Waals surface area contributed by atoms with E-state index in [1.165, 1.54) is 36.5 Å². The fourth-order valence-electron chi connectivity index (χ4n) is 3.60. The van der Waals surface area contributed by atoms with Gasteiger partial charge < -0.3 is 10.6 Å². The van der Waals surface area contributed by atoms with Crippen LogP contribution in [0.3, 0.4) is 0 Å². The van der Waals surface area contributed by atoms with E-state index in [-0.39, 0.29) is 17.6 Å². The minimum atomic E-state index is -0.424. The number of amides is 1. The summed E-state index contributed by atoms with van der Waals surface area (Å²) in [7, 11) is 0. The van der Waals surface area contributed by atoms with Gasteiger partial charge in [0.05, 0.1) is 23.1 Å². The molecule has 2 heterocycles. The minimum Gasteiger partial charge on any atom is -0.322 e. The number of benzene rings is 2. The first-order valence-electron chi connectivity index (χ1n) is 9.23. The zero-order valence-electron chi connectivity index (χ0n) is 15.2. The normalized spacial score (nSPS) is 14.8. The van der Waals surface area contributed by atoms with Crippen molar-refractivity contribution in [1.29, 1.82) is 0 Å². The van der Waals surface area contributed by atoms with Crippen molar-refractivity contribution in [3.63, 3.8) is 0 Å². The van der Waals surface area contributed by atoms with E-state index < -0.39 is 5.82 Å². The average molecular weight is 382 g/mol. The molecule has 0 radical (unpaired) electrons. The van der Waals surface area contributed by atoms with Crippen LogP contribution in [-0.4, -0.2) is 28.8 Å². The minimum absolute atomic E-state index is 0.111. The van der Waals surface area contributed by atoms with Gasteiger partial charge in [0, 0.05) is 11.6 Å². The molecule has 0 spiro atoms. The SMILES string of the molecule is O=C(Nc1cccc(F)c1)c1cnn(-c2cccc(F)c2)c1C1CCNCC1. The Morgan fingerprint density at radius 3 is 2.50 bits per heavy atom. The Bertz CT molecular complexity index is 996. The van der Waals surface area contributed by atoms with Crippen molar-refractivity contribution in [2.45, 2.75) is 18.8 Å². The van der Waals surface area contributed by atoms with E-state index in [0.29, 0.717) is 16.9 Å². The highest BCUT2D eigenvalue weighted by Gasteiger charge is 2.27. The monoisotopic (exact) mass is 382 g/mol. The molecular formula is C21H20F2N4O. The third-order valence-electron chi connectivity index (χ3n) is 4.91. The van der Waals surface area contributed by atoms with Crippen LogP contribution in [0.4, 0.5) is 14.5 Å². The van der Waals surface area contributed by atoms with Gasteiger partial charge in [-0.05, 0) is 62.3 Å². The Morgan fingerprint density at radius 1 is 1.07 bits per heavy atom. The molecular weight excluding hydrogens is 362 g/mol. The third-order valence-corrected chi connectivity index (χ3v) is 4.91. The summed E-state index contributed by atoms with van der Waals surface area (Å²) in [6.45, 7) is 1.67. The molecule has 1 saturated heterocycles. The molecule has 28 heavy (non-hydrogen) atoms. The Morgan fingerprint density at radius 2 is 1.79 bits per heavy atom. The van der Waals surface area contributed by atoms with Crippen LogP contribution in [0.15, 0.2) is 54.7 Å². The van der Waals surface area contributed by atoms with E-state index in [1.54, 1.807) is 22.9 Å². The molecule has 1 aliphatic heterocycles. The molecule has 3 aromatic rings. The Kier molecular flexibility index (Phi) is 5.16. The van der Waals surface area contributed by atoms with Crippen LogP contribution in [0.1, 0.15) is 34.8 Å². The summed E-state index contributed by atoms with van der Waals surface area (Å²) in [6.07, 6.45) is 3.19. The second kappa shape index (κ2) is 7.90. The van der Waals surface area contributed by atoms with Gasteiger partial charge in [0.25, 0.3) is 5.91 Å².